The average molecular weight is 348 g/mol. The molecule has 120 valence electrons. The molecule has 2 heterocycles. The molecule has 0 unspecified atom stereocenters. The number of aromatic nitrogens is 1. The lowest BCUT2D eigenvalue weighted by Crippen LogP contribution is -2.18. The van der Waals surface area contributed by atoms with Gasteiger partial charge in [-0.25, -0.2) is 8.78 Å². The van der Waals surface area contributed by atoms with E-state index in [1.54, 1.807) is 0 Å². The minimum Gasteiger partial charge on any atom is -0.332 e. The number of rotatable bonds is 1. The highest BCUT2D eigenvalue weighted by molar-refractivity contribution is 6.30. The van der Waals surface area contributed by atoms with E-state index in [9.17, 15) is 26.7 Å². The lowest BCUT2D eigenvalue weighted by Gasteiger charge is -2.16. The normalized spacial score (nSPS) is 14.7. The summed E-state index contributed by atoms with van der Waals surface area (Å²) < 4.78 is 67.3. The van der Waals surface area contributed by atoms with E-state index in [0.29, 0.717) is 6.08 Å². The predicted octanol–water partition coefficient (Wildman–Crippen LogP) is 4.86. The molecule has 0 atom stereocenters. The zero-order valence-corrected chi connectivity index (χ0v) is 12.0. The molecule has 3 rings (SSSR count). The van der Waals surface area contributed by atoms with E-state index in [0.717, 1.165) is 22.8 Å². The first-order chi connectivity index (χ1) is 10.7. The van der Waals surface area contributed by atoms with Gasteiger partial charge in [0.15, 0.2) is 5.83 Å². The molecule has 1 aliphatic heterocycles. The highest BCUT2D eigenvalue weighted by Crippen LogP contribution is 2.40. The number of carbonyl (C=O) groups excluding carboxylic acids is 1. The molecule has 1 aliphatic rings. The Morgan fingerprint density at radius 2 is 1.78 bits per heavy atom. The van der Waals surface area contributed by atoms with Crippen LogP contribution in [0.2, 0.25) is 5.02 Å². The Labute approximate surface area is 131 Å². The van der Waals surface area contributed by atoms with Crippen LogP contribution in [-0.2, 0) is 17.5 Å². The SMILES string of the molecule is O=C1Cn2c(-c3cc(F)cc(Cl)c3)cc(C(F)(F)F)c2C=C1F. The third kappa shape index (κ3) is 2.76. The third-order valence-electron chi connectivity index (χ3n) is 3.43. The van der Waals surface area contributed by atoms with Crippen molar-refractivity contribution in [1.29, 1.82) is 0 Å². The highest BCUT2D eigenvalue weighted by Gasteiger charge is 2.38. The van der Waals surface area contributed by atoms with Crippen LogP contribution in [0, 0.1) is 5.82 Å². The first-order valence-electron chi connectivity index (χ1n) is 6.34. The summed E-state index contributed by atoms with van der Waals surface area (Å²) in [7, 11) is 0. The number of nitrogens with zero attached hydrogens (tertiary/aromatic N) is 1. The molecule has 0 amide bonds. The Morgan fingerprint density at radius 3 is 2.39 bits per heavy atom. The van der Waals surface area contributed by atoms with Crippen molar-refractivity contribution < 1.29 is 26.7 Å². The first-order valence-corrected chi connectivity index (χ1v) is 6.72. The smallest absolute Gasteiger partial charge is 0.332 e. The summed E-state index contributed by atoms with van der Waals surface area (Å²) in [5.41, 5.74) is -1.58. The number of Topliss-reactive ketones (excluding diaryl/α,β-unsaturated/α-hetero) is 1. The molecule has 23 heavy (non-hydrogen) atoms. The maximum atomic E-state index is 13.5. The van der Waals surface area contributed by atoms with Crippen molar-refractivity contribution in [3.63, 3.8) is 0 Å². The van der Waals surface area contributed by atoms with Crippen molar-refractivity contribution in [3.8, 4) is 11.3 Å². The number of benzene rings is 1. The van der Waals surface area contributed by atoms with Gasteiger partial charge in [-0.15, -0.1) is 0 Å². The summed E-state index contributed by atoms with van der Waals surface area (Å²) in [6.45, 7) is -0.600. The van der Waals surface area contributed by atoms with Gasteiger partial charge in [-0.3, -0.25) is 4.79 Å². The van der Waals surface area contributed by atoms with Crippen LogP contribution in [0.25, 0.3) is 17.3 Å². The second-order valence-electron chi connectivity index (χ2n) is 4.99. The molecule has 1 aromatic carbocycles. The number of ketones is 1. The molecule has 0 saturated heterocycles. The van der Waals surface area contributed by atoms with Gasteiger partial charge in [0.05, 0.1) is 17.8 Å². The zero-order valence-electron chi connectivity index (χ0n) is 11.2. The van der Waals surface area contributed by atoms with Gasteiger partial charge in [-0.2, -0.15) is 13.2 Å². The van der Waals surface area contributed by atoms with Crippen LogP contribution >= 0.6 is 11.6 Å². The molecular weight excluding hydrogens is 341 g/mol. The van der Waals surface area contributed by atoms with Gasteiger partial charge in [0, 0.05) is 22.4 Å². The number of allylic oxidation sites excluding steroid dienone is 1. The molecular formula is C15H7ClF5NO. The fourth-order valence-electron chi connectivity index (χ4n) is 2.48. The van der Waals surface area contributed by atoms with Gasteiger partial charge in [0.1, 0.15) is 5.82 Å². The van der Waals surface area contributed by atoms with Gasteiger partial charge >= 0.3 is 6.18 Å². The third-order valence-corrected chi connectivity index (χ3v) is 3.65. The number of halogens is 6. The highest BCUT2D eigenvalue weighted by atomic mass is 35.5. The molecule has 0 bridgehead atoms. The first kappa shape index (κ1) is 15.7. The van der Waals surface area contributed by atoms with Crippen molar-refractivity contribution in [2.24, 2.45) is 0 Å². The number of hydrogen-bond donors (Lipinski definition) is 0. The zero-order chi connectivity index (χ0) is 16.9. The van der Waals surface area contributed by atoms with Crippen molar-refractivity contribution >= 4 is 23.5 Å². The maximum absolute atomic E-state index is 13.5. The second kappa shape index (κ2) is 5.19. The molecule has 2 nitrogen and oxygen atoms in total. The minimum atomic E-state index is -4.75. The Morgan fingerprint density at radius 1 is 1.09 bits per heavy atom. The number of fused-ring (bicyclic) bond motifs is 1. The number of alkyl halides is 3. The van der Waals surface area contributed by atoms with Crippen molar-refractivity contribution in [3.05, 3.63) is 52.2 Å². The standard InChI is InChI=1S/C15H7ClF5NO/c16-8-1-7(2-9(17)3-8)12-4-10(15(19,20)21)13-5-11(18)14(23)6-22(12)13/h1-5H,6H2. The number of hydrogen-bond acceptors (Lipinski definition) is 1. The Balaban J connectivity index is 2.29. The lowest BCUT2D eigenvalue weighted by molar-refractivity contribution is -0.138. The fraction of sp³-hybridized carbons (Fsp3) is 0.133. The maximum Gasteiger partial charge on any atom is 0.418 e. The summed E-state index contributed by atoms with van der Waals surface area (Å²) in [5.74, 6) is -2.93. The van der Waals surface area contributed by atoms with Crippen LogP contribution in [0.1, 0.15) is 11.3 Å². The molecule has 8 heteroatoms. The van der Waals surface area contributed by atoms with E-state index in [2.05, 4.69) is 0 Å². The lowest BCUT2D eigenvalue weighted by atomic mass is 10.1. The molecule has 0 fully saturated rings. The molecule has 2 aromatic rings. The largest absolute Gasteiger partial charge is 0.418 e. The fourth-order valence-corrected chi connectivity index (χ4v) is 2.70. The van der Waals surface area contributed by atoms with Gasteiger partial charge in [-0.05, 0) is 24.3 Å². The second-order valence-corrected chi connectivity index (χ2v) is 5.42. The van der Waals surface area contributed by atoms with Gasteiger partial charge in [0.2, 0.25) is 5.78 Å². The van der Waals surface area contributed by atoms with Gasteiger partial charge < -0.3 is 4.57 Å². The molecule has 0 saturated carbocycles. The van der Waals surface area contributed by atoms with Crippen molar-refractivity contribution in [2.75, 3.05) is 0 Å². The Hall–Kier alpha value is -2.15. The summed E-state index contributed by atoms with van der Waals surface area (Å²) >= 11 is 5.72. The van der Waals surface area contributed by atoms with E-state index in [1.165, 1.54) is 6.07 Å². The van der Waals surface area contributed by atoms with Crippen LogP contribution in [-0.4, -0.2) is 10.4 Å². The summed E-state index contributed by atoms with van der Waals surface area (Å²) in [6.07, 6.45) is -4.21. The van der Waals surface area contributed by atoms with Crippen LogP contribution in [0.3, 0.4) is 0 Å². The van der Waals surface area contributed by atoms with Gasteiger partial charge in [-0.1, -0.05) is 11.6 Å². The Kier molecular flexibility index (Phi) is 3.55. The Bertz CT molecular complexity index is 830. The summed E-state index contributed by atoms with van der Waals surface area (Å²) in [6, 6.07) is 4.02. The van der Waals surface area contributed by atoms with Crippen LogP contribution < -0.4 is 0 Å². The molecule has 0 spiro atoms. The summed E-state index contributed by atoms with van der Waals surface area (Å²) in [4.78, 5) is 11.5. The topological polar surface area (TPSA) is 22.0 Å². The minimum absolute atomic E-state index is 0.00651. The van der Waals surface area contributed by atoms with Crippen LogP contribution in [0.5, 0.6) is 0 Å². The molecule has 0 radical (unpaired) electrons. The molecule has 1 aromatic heterocycles. The van der Waals surface area contributed by atoms with Crippen LogP contribution in [0.4, 0.5) is 22.0 Å². The molecule has 0 N–H and O–H groups in total. The van der Waals surface area contributed by atoms with Crippen molar-refractivity contribution in [2.45, 2.75) is 12.7 Å². The van der Waals surface area contributed by atoms with E-state index in [-0.39, 0.29) is 16.3 Å². The van der Waals surface area contributed by atoms with E-state index in [1.807, 2.05) is 0 Å². The van der Waals surface area contributed by atoms with E-state index >= 15 is 0 Å². The quantitative estimate of drug-likeness (QED) is 0.675. The van der Waals surface area contributed by atoms with E-state index < -0.39 is 41.4 Å². The van der Waals surface area contributed by atoms with Crippen LogP contribution in [0.15, 0.2) is 30.1 Å². The molecule has 0 aliphatic carbocycles. The summed E-state index contributed by atoms with van der Waals surface area (Å²) in [5, 5.41) is -0.00651. The predicted molar refractivity (Wildman–Crippen MR) is 73.9 cm³/mol. The van der Waals surface area contributed by atoms with Crippen molar-refractivity contribution in [1.82, 2.24) is 4.57 Å². The number of carbonyl (C=O) groups is 1. The van der Waals surface area contributed by atoms with E-state index in [4.69, 9.17) is 11.6 Å². The monoisotopic (exact) mass is 347 g/mol. The average Bonchev–Trinajstić information content (AvgIpc) is 2.76. The van der Waals surface area contributed by atoms with Gasteiger partial charge in [0.25, 0.3) is 0 Å².